The summed E-state index contributed by atoms with van der Waals surface area (Å²) in [6.45, 7) is 8.06. The van der Waals surface area contributed by atoms with Crippen LogP contribution in [0.5, 0.6) is 0 Å². The van der Waals surface area contributed by atoms with E-state index in [2.05, 4.69) is 48.3 Å². The molecule has 2 heteroatoms. The molecule has 0 bridgehead atoms. The van der Waals surface area contributed by atoms with Gasteiger partial charge in [-0.3, -0.25) is 0 Å². The van der Waals surface area contributed by atoms with E-state index in [1.807, 2.05) is 0 Å². The quantitative estimate of drug-likeness (QED) is 0.870. The molecule has 1 aliphatic rings. The molecule has 2 nitrogen and oxygen atoms in total. The summed E-state index contributed by atoms with van der Waals surface area (Å²) in [5.74, 6) is 0. The Balaban J connectivity index is 2.14. The van der Waals surface area contributed by atoms with Crippen molar-refractivity contribution in [1.82, 2.24) is 5.32 Å². The molecular weight excluding hydrogens is 232 g/mol. The van der Waals surface area contributed by atoms with Crippen LogP contribution in [0.25, 0.3) is 0 Å². The second-order valence-corrected chi connectivity index (χ2v) is 5.62. The number of benzene rings is 1. The number of nitrogens with zero attached hydrogens (tertiary/aromatic N) is 1. The smallest absolute Gasteiger partial charge is 0.0399 e. The lowest BCUT2D eigenvalue weighted by Crippen LogP contribution is -2.37. The van der Waals surface area contributed by atoms with E-state index < -0.39 is 0 Å². The van der Waals surface area contributed by atoms with E-state index in [1.165, 1.54) is 49.9 Å². The summed E-state index contributed by atoms with van der Waals surface area (Å²) in [6, 6.07) is 9.61. The minimum Gasteiger partial charge on any atom is -0.370 e. The monoisotopic (exact) mass is 260 g/mol. The van der Waals surface area contributed by atoms with Gasteiger partial charge in [0.1, 0.15) is 0 Å². The molecule has 1 atom stereocenters. The second kappa shape index (κ2) is 7.54. The Bertz CT molecular complexity index is 375. The maximum absolute atomic E-state index is 3.69. The molecule has 1 heterocycles. The number of rotatable bonds is 5. The molecule has 106 valence electrons. The summed E-state index contributed by atoms with van der Waals surface area (Å²) in [5.41, 5.74) is 2.98. The molecule has 0 spiro atoms. The zero-order valence-corrected chi connectivity index (χ0v) is 12.5. The third-order valence-electron chi connectivity index (χ3n) is 3.97. The predicted molar refractivity (Wildman–Crippen MR) is 84.0 cm³/mol. The van der Waals surface area contributed by atoms with Crippen LogP contribution < -0.4 is 10.2 Å². The van der Waals surface area contributed by atoms with Crippen molar-refractivity contribution >= 4 is 5.69 Å². The third-order valence-corrected chi connectivity index (χ3v) is 3.97. The average Bonchev–Trinajstić information content (AvgIpc) is 2.66. The van der Waals surface area contributed by atoms with Crippen molar-refractivity contribution < 1.29 is 0 Å². The lowest BCUT2D eigenvalue weighted by molar-refractivity contribution is 0.502. The minimum atomic E-state index is 0.655. The highest BCUT2D eigenvalue weighted by molar-refractivity contribution is 5.54. The van der Waals surface area contributed by atoms with Crippen LogP contribution in [0.15, 0.2) is 24.3 Å². The summed E-state index contributed by atoms with van der Waals surface area (Å²) < 4.78 is 0. The van der Waals surface area contributed by atoms with Gasteiger partial charge in [-0.25, -0.2) is 0 Å². The van der Waals surface area contributed by atoms with E-state index in [4.69, 9.17) is 0 Å². The van der Waals surface area contributed by atoms with Gasteiger partial charge in [0.2, 0.25) is 0 Å². The summed E-state index contributed by atoms with van der Waals surface area (Å²) >= 11 is 0. The van der Waals surface area contributed by atoms with E-state index in [0.717, 1.165) is 13.1 Å². The molecule has 1 fully saturated rings. The largest absolute Gasteiger partial charge is 0.370 e. The zero-order valence-electron chi connectivity index (χ0n) is 12.5. The molecule has 1 aromatic rings. The van der Waals surface area contributed by atoms with Crippen molar-refractivity contribution in [3.8, 4) is 0 Å². The first-order valence-corrected chi connectivity index (χ1v) is 7.91. The van der Waals surface area contributed by atoms with Crippen LogP contribution in [0.3, 0.4) is 0 Å². The average molecular weight is 260 g/mol. The molecule has 1 aliphatic heterocycles. The molecule has 2 rings (SSSR count). The maximum Gasteiger partial charge on any atom is 0.0399 e. The van der Waals surface area contributed by atoms with Crippen molar-refractivity contribution in [3.05, 3.63) is 29.8 Å². The van der Waals surface area contributed by atoms with E-state index >= 15 is 0 Å². The first-order chi connectivity index (χ1) is 9.35. The number of para-hydroxylation sites is 1. The van der Waals surface area contributed by atoms with Crippen LogP contribution in [0.1, 0.15) is 45.1 Å². The Morgan fingerprint density at radius 1 is 1.21 bits per heavy atom. The van der Waals surface area contributed by atoms with Gasteiger partial charge >= 0.3 is 0 Å². The van der Waals surface area contributed by atoms with Crippen molar-refractivity contribution in [2.75, 3.05) is 24.5 Å². The predicted octanol–water partition coefficient (Wildman–Crippen LogP) is 3.61. The number of aryl methyl sites for hydroxylation is 1. The van der Waals surface area contributed by atoms with Gasteiger partial charge in [0.15, 0.2) is 0 Å². The summed E-state index contributed by atoms with van der Waals surface area (Å²) in [4.78, 5) is 2.60. The Morgan fingerprint density at radius 3 is 2.84 bits per heavy atom. The molecular formula is C17H28N2. The molecule has 0 radical (unpaired) electrons. The molecule has 0 saturated carbocycles. The van der Waals surface area contributed by atoms with Gasteiger partial charge in [0.05, 0.1) is 0 Å². The minimum absolute atomic E-state index is 0.655. The first kappa shape index (κ1) is 14.4. The van der Waals surface area contributed by atoms with Crippen LogP contribution >= 0.6 is 0 Å². The van der Waals surface area contributed by atoms with Gasteiger partial charge in [-0.1, -0.05) is 44.9 Å². The van der Waals surface area contributed by atoms with Gasteiger partial charge in [-0.15, -0.1) is 0 Å². The van der Waals surface area contributed by atoms with Crippen LogP contribution in [0.2, 0.25) is 0 Å². The van der Waals surface area contributed by atoms with E-state index in [-0.39, 0.29) is 0 Å². The number of anilines is 1. The molecule has 1 saturated heterocycles. The van der Waals surface area contributed by atoms with E-state index in [1.54, 1.807) is 0 Å². The van der Waals surface area contributed by atoms with E-state index in [0.29, 0.717) is 6.04 Å². The van der Waals surface area contributed by atoms with Gasteiger partial charge in [0, 0.05) is 24.8 Å². The highest BCUT2D eigenvalue weighted by Gasteiger charge is 2.18. The standard InChI is InChI=1S/C17H28N2/c1-3-8-15-10-5-6-11-17(15)19-13-7-12-18-16(14-19)9-4-2/h5-6,10-11,16,18H,3-4,7-9,12-14H2,1-2H3. The van der Waals surface area contributed by atoms with Crippen LogP contribution in [-0.4, -0.2) is 25.7 Å². The highest BCUT2D eigenvalue weighted by atomic mass is 15.2. The van der Waals surface area contributed by atoms with Crippen molar-refractivity contribution in [2.45, 2.75) is 52.0 Å². The van der Waals surface area contributed by atoms with Gasteiger partial charge in [0.25, 0.3) is 0 Å². The lowest BCUT2D eigenvalue weighted by atomic mass is 10.1. The van der Waals surface area contributed by atoms with Crippen molar-refractivity contribution in [2.24, 2.45) is 0 Å². The Morgan fingerprint density at radius 2 is 2.05 bits per heavy atom. The molecule has 0 aromatic heterocycles. The fourth-order valence-electron chi connectivity index (χ4n) is 3.06. The van der Waals surface area contributed by atoms with E-state index in [9.17, 15) is 0 Å². The Labute approximate surface area is 118 Å². The molecule has 0 aliphatic carbocycles. The fraction of sp³-hybridized carbons (Fsp3) is 0.647. The number of hydrogen-bond acceptors (Lipinski definition) is 2. The zero-order chi connectivity index (χ0) is 13.5. The third kappa shape index (κ3) is 3.97. The van der Waals surface area contributed by atoms with Crippen molar-refractivity contribution in [3.63, 3.8) is 0 Å². The lowest BCUT2D eigenvalue weighted by Gasteiger charge is -2.28. The summed E-state index contributed by atoms with van der Waals surface area (Å²) in [6.07, 6.45) is 6.22. The summed E-state index contributed by atoms with van der Waals surface area (Å²) in [5, 5.41) is 3.69. The second-order valence-electron chi connectivity index (χ2n) is 5.62. The SMILES string of the molecule is CCCc1ccccc1N1CCCNC(CCC)C1. The number of nitrogens with one attached hydrogen (secondary N) is 1. The number of hydrogen-bond donors (Lipinski definition) is 1. The molecule has 1 aromatic carbocycles. The molecule has 1 N–H and O–H groups in total. The van der Waals surface area contributed by atoms with Crippen LogP contribution in [0.4, 0.5) is 5.69 Å². The van der Waals surface area contributed by atoms with Crippen molar-refractivity contribution in [1.29, 1.82) is 0 Å². The molecule has 1 unspecified atom stereocenters. The van der Waals surface area contributed by atoms with Gasteiger partial charge in [-0.05, 0) is 37.4 Å². The maximum atomic E-state index is 3.69. The normalized spacial score (nSPS) is 20.3. The molecule has 0 amide bonds. The Hall–Kier alpha value is -1.02. The topological polar surface area (TPSA) is 15.3 Å². The fourth-order valence-corrected chi connectivity index (χ4v) is 3.06. The summed E-state index contributed by atoms with van der Waals surface area (Å²) in [7, 11) is 0. The first-order valence-electron chi connectivity index (χ1n) is 7.91. The Kier molecular flexibility index (Phi) is 5.71. The van der Waals surface area contributed by atoms with Crippen LogP contribution in [-0.2, 0) is 6.42 Å². The molecule has 19 heavy (non-hydrogen) atoms. The van der Waals surface area contributed by atoms with Gasteiger partial charge < -0.3 is 10.2 Å². The highest BCUT2D eigenvalue weighted by Crippen LogP contribution is 2.23. The van der Waals surface area contributed by atoms with Crippen LogP contribution in [0, 0.1) is 0 Å². The van der Waals surface area contributed by atoms with Gasteiger partial charge in [-0.2, -0.15) is 0 Å².